The van der Waals surface area contributed by atoms with Crippen molar-refractivity contribution in [3.8, 4) is 39.6 Å². The van der Waals surface area contributed by atoms with Crippen LogP contribution in [0.25, 0.3) is 149 Å². The highest BCUT2D eigenvalue weighted by Gasteiger charge is 2.29. The molecule has 87 heavy (non-hydrogen) atoms. The van der Waals surface area contributed by atoms with Gasteiger partial charge >= 0.3 is 0 Å². The monoisotopic (exact) mass is 1150 g/mol. The summed E-state index contributed by atoms with van der Waals surface area (Å²) in [6.07, 6.45) is 0. The second-order valence-electron chi connectivity index (χ2n) is 22.5. The molecule has 1 unspecified atom stereocenters. The molecule has 5 heterocycles. The summed E-state index contributed by atoms with van der Waals surface area (Å²) < 4.78 is 12.2. The van der Waals surface area contributed by atoms with Gasteiger partial charge in [0.2, 0.25) is 0 Å². The van der Waals surface area contributed by atoms with Crippen LogP contribution in [-0.2, 0) is 0 Å². The quantitative estimate of drug-likeness (QED) is 0.148. The van der Waals surface area contributed by atoms with Crippen LogP contribution in [0, 0.1) is 0 Å². The minimum Gasteiger partial charge on any atom is -0.309 e. The van der Waals surface area contributed by atoms with Gasteiger partial charge in [-0.15, -0.1) is 8.93 Å². The highest BCUT2D eigenvalue weighted by molar-refractivity contribution is 8.12. The zero-order chi connectivity index (χ0) is 58.1. The summed E-state index contributed by atoms with van der Waals surface area (Å²) in [7, 11) is 3.02. The van der Waals surface area contributed by atoms with Crippen molar-refractivity contribution in [2.24, 2.45) is 0 Å². The van der Waals surface area contributed by atoms with E-state index in [-0.39, 0.29) is 0 Å². The molecule has 0 N–H and O–H groups in total. The summed E-state index contributed by atoms with van der Waals surface area (Å²) in [5.74, 6) is 0. The molecule has 13 aromatic carbocycles. The first-order valence-corrected chi connectivity index (χ1v) is 33.5. The van der Waals surface area contributed by atoms with Crippen LogP contribution in [0.3, 0.4) is 0 Å². The molecule has 1 atom stereocenters. The van der Waals surface area contributed by atoms with Crippen LogP contribution >= 0.6 is 16.5 Å². The lowest BCUT2D eigenvalue weighted by Crippen LogP contribution is -1.97. The maximum Gasteiger partial charge on any atom is 0.0663 e. The number of aromatic nitrogens is 5. The van der Waals surface area contributed by atoms with Gasteiger partial charge < -0.3 is 22.8 Å². The standard InChI is InChI=1S/C42H27N3.C36H24N2.C2H8P2/c1-4-16-28(17-5-1)43-34-25-13-10-22-31(34)37-40(43)38-32-23-11-14-26-35(32)44(29-18-6-2-7-19-29)42(38)39-33-24-12-15-27-36(33)45(41(37)39)30-20-8-3-9-21-30;1-3-11-27(12-4-1)37-33-17-9-7-15-29(33)31-23-25(19-21-35(31)37)26-20-22-36-32(24-26)30-16-8-10-18-34(30)38(36)28-13-5-2-6-14-28;1-4(2)3/h1-27H;1-24H;3H2,1-2H3. The minimum absolute atomic E-state index is 0.296. The summed E-state index contributed by atoms with van der Waals surface area (Å²) in [6, 6.07) is 112. The van der Waals surface area contributed by atoms with E-state index in [4.69, 9.17) is 0 Å². The number of hydrogen-bond acceptors (Lipinski definition) is 0. The molecule has 0 bridgehead atoms. The number of nitrogens with zero attached hydrogens (tertiary/aromatic N) is 5. The minimum atomic E-state index is 0.296. The Labute approximate surface area is 507 Å². The molecule has 18 rings (SSSR count). The Hall–Kier alpha value is -10.3. The molecule has 0 aliphatic rings. The third-order valence-electron chi connectivity index (χ3n) is 17.1. The van der Waals surface area contributed by atoms with Crippen molar-refractivity contribution in [3.63, 3.8) is 0 Å². The van der Waals surface area contributed by atoms with E-state index < -0.39 is 0 Å². The number of rotatable bonds is 6. The second kappa shape index (κ2) is 21.7. The van der Waals surface area contributed by atoms with Crippen molar-refractivity contribution in [1.29, 1.82) is 0 Å². The molecular weight excluding hydrogens is 1090 g/mol. The fourth-order valence-corrected chi connectivity index (χ4v) is 13.7. The van der Waals surface area contributed by atoms with E-state index >= 15 is 0 Å². The van der Waals surface area contributed by atoms with Crippen LogP contribution in [-0.4, -0.2) is 36.2 Å². The number of para-hydroxylation sites is 10. The van der Waals surface area contributed by atoms with Gasteiger partial charge in [-0.3, -0.25) is 0 Å². The molecule has 5 aromatic heterocycles. The van der Waals surface area contributed by atoms with Gasteiger partial charge in [-0.1, -0.05) is 202 Å². The Kier molecular flexibility index (Phi) is 13.0. The molecule has 0 fully saturated rings. The van der Waals surface area contributed by atoms with Gasteiger partial charge in [0.05, 0.1) is 55.2 Å². The van der Waals surface area contributed by atoms with E-state index in [2.05, 4.69) is 354 Å². The first-order valence-electron chi connectivity index (χ1n) is 29.7. The van der Waals surface area contributed by atoms with Crippen LogP contribution in [0.2, 0.25) is 0 Å². The van der Waals surface area contributed by atoms with Gasteiger partial charge in [-0.05, 0) is 140 Å². The van der Waals surface area contributed by atoms with E-state index in [0.717, 1.165) is 17.1 Å². The lowest BCUT2D eigenvalue weighted by atomic mass is 10.0. The Balaban J connectivity index is 0.000000134. The van der Waals surface area contributed by atoms with Crippen molar-refractivity contribution in [1.82, 2.24) is 22.8 Å². The highest BCUT2D eigenvalue weighted by atomic mass is 32.0. The molecule has 7 heteroatoms. The van der Waals surface area contributed by atoms with Crippen molar-refractivity contribution in [2.45, 2.75) is 0 Å². The fourth-order valence-electron chi connectivity index (χ4n) is 13.7. The average molecular weight is 1150 g/mol. The van der Waals surface area contributed by atoms with E-state index in [1.54, 1.807) is 0 Å². The van der Waals surface area contributed by atoms with E-state index in [0.29, 0.717) is 7.61 Å². The zero-order valence-electron chi connectivity index (χ0n) is 48.2. The zero-order valence-corrected chi connectivity index (χ0v) is 50.3. The molecule has 0 amide bonds. The number of benzene rings is 13. The van der Waals surface area contributed by atoms with Crippen LogP contribution in [0.4, 0.5) is 0 Å². The number of hydrogen-bond donors (Lipinski definition) is 0. The van der Waals surface area contributed by atoms with Crippen molar-refractivity contribution in [3.05, 3.63) is 309 Å². The Morgan fingerprint density at radius 1 is 0.218 bits per heavy atom. The Bertz CT molecular complexity index is 5110. The molecule has 0 aliphatic carbocycles. The highest BCUT2D eigenvalue weighted by Crippen LogP contribution is 2.50. The largest absolute Gasteiger partial charge is 0.309 e. The Morgan fingerprint density at radius 3 is 0.701 bits per heavy atom. The first-order chi connectivity index (χ1) is 43.0. The molecule has 18 aromatic rings. The van der Waals surface area contributed by atoms with Gasteiger partial charge in [0.25, 0.3) is 0 Å². The average Bonchev–Trinajstić information content (AvgIpc) is 1.52. The molecule has 0 saturated carbocycles. The second-order valence-corrected chi connectivity index (χ2v) is 27.6. The van der Waals surface area contributed by atoms with Crippen molar-refractivity contribution in [2.75, 3.05) is 13.3 Å². The third-order valence-corrected chi connectivity index (χ3v) is 17.1. The maximum absolute atomic E-state index is 2.72. The first kappa shape index (κ1) is 52.3. The van der Waals surface area contributed by atoms with Crippen LogP contribution < -0.4 is 0 Å². The van der Waals surface area contributed by atoms with Crippen LogP contribution in [0.15, 0.2) is 309 Å². The lowest BCUT2D eigenvalue weighted by molar-refractivity contribution is 1.17. The normalized spacial score (nSPS) is 11.7. The fraction of sp³-hybridized carbons (Fsp3) is 0.0250. The van der Waals surface area contributed by atoms with Gasteiger partial charge in [0.15, 0.2) is 0 Å². The van der Waals surface area contributed by atoms with E-state index in [9.17, 15) is 0 Å². The maximum atomic E-state index is 2.72. The SMILES string of the molecule is CP(C)P.c1ccc(-n2c3ccccc3c3c2c2c4ccccc4n(-c4ccccc4)c2c2c4ccccc4n(-c4ccccc4)c32)cc1.c1ccc(-n2c3ccccc3c3cc(-c4ccc5c(c4)c4ccccc4n5-c4ccccc4)ccc32)cc1. The van der Waals surface area contributed by atoms with E-state index in [1.807, 2.05) is 0 Å². The summed E-state index contributed by atoms with van der Waals surface area (Å²) in [5, 5.41) is 12.7. The summed E-state index contributed by atoms with van der Waals surface area (Å²) in [6.45, 7) is 4.39. The molecule has 0 radical (unpaired) electrons. The van der Waals surface area contributed by atoms with Gasteiger partial charge in [0.1, 0.15) is 0 Å². The summed E-state index contributed by atoms with van der Waals surface area (Å²) >= 11 is 0. The van der Waals surface area contributed by atoms with Crippen molar-refractivity contribution >= 4 is 126 Å². The predicted octanol–water partition coefficient (Wildman–Crippen LogP) is 22.0. The topological polar surface area (TPSA) is 24.6 Å². The molecule has 0 spiro atoms. The Morgan fingerprint density at radius 2 is 0.425 bits per heavy atom. The smallest absolute Gasteiger partial charge is 0.0663 e. The van der Waals surface area contributed by atoms with Gasteiger partial charge in [-0.2, -0.15) is 0 Å². The van der Waals surface area contributed by atoms with Crippen LogP contribution in [0.1, 0.15) is 0 Å². The predicted molar refractivity (Wildman–Crippen MR) is 378 cm³/mol. The molecule has 0 saturated heterocycles. The molecular formula is C80H59N5P2. The summed E-state index contributed by atoms with van der Waals surface area (Å²) in [5.41, 5.74) is 20.5. The number of fused-ring (bicyclic) bond motifs is 18. The van der Waals surface area contributed by atoms with Gasteiger partial charge in [-0.25, -0.2) is 0 Å². The van der Waals surface area contributed by atoms with E-state index in [1.165, 1.54) is 132 Å². The van der Waals surface area contributed by atoms with Crippen LogP contribution in [0.5, 0.6) is 0 Å². The molecule has 0 aliphatic heterocycles. The molecule has 414 valence electrons. The summed E-state index contributed by atoms with van der Waals surface area (Å²) in [4.78, 5) is 0. The van der Waals surface area contributed by atoms with Gasteiger partial charge in [0, 0.05) is 82.3 Å². The molecule has 5 nitrogen and oxygen atoms in total. The van der Waals surface area contributed by atoms with Crippen molar-refractivity contribution < 1.29 is 0 Å². The third kappa shape index (κ3) is 8.60. The lowest BCUT2D eigenvalue weighted by Gasteiger charge is -2.13.